The fourth-order valence-electron chi connectivity index (χ4n) is 16.4. The van der Waals surface area contributed by atoms with Crippen molar-refractivity contribution >= 4 is 71.6 Å². The highest BCUT2D eigenvalue weighted by molar-refractivity contribution is 5.79. The largest absolute Gasteiger partial charge is 0.479 e. The highest BCUT2D eigenvalue weighted by Crippen LogP contribution is 2.23. The summed E-state index contributed by atoms with van der Waals surface area (Å²) in [7, 11) is 0. The molecule has 0 bridgehead atoms. The fourth-order valence-corrected chi connectivity index (χ4v) is 16.4. The number of unbranched alkanes of at least 4 members (excludes halogenated alkanes) is 48. The van der Waals surface area contributed by atoms with E-state index in [1.165, 1.54) is 64.2 Å². The third-order valence-corrected chi connectivity index (χ3v) is 25.3. The van der Waals surface area contributed by atoms with E-state index >= 15 is 0 Å². The van der Waals surface area contributed by atoms with E-state index in [4.69, 9.17) is 48.1 Å². The molecule has 0 fully saturated rings. The normalized spacial score (nSPS) is 12.3. The lowest BCUT2D eigenvalue weighted by Gasteiger charge is -2.16. The van der Waals surface area contributed by atoms with E-state index in [1.807, 2.05) is 12.2 Å². The van der Waals surface area contributed by atoms with Crippen molar-refractivity contribution < 1.29 is 125 Å². The summed E-state index contributed by atoms with van der Waals surface area (Å²) in [6.07, 6.45) is 97.5. The van der Waals surface area contributed by atoms with Crippen LogP contribution in [0.3, 0.4) is 0 Å². The van der Waals surface area contributed by atoms with Gasteiger partial charge in [0.05, 0.1) is 12.2 Å². The van der Waals surface area contributed by atoms with E-state index in [0.717, 1.165) is 360 Å². The molecule has 26 nitrogen and oxygen atoms in total. The van der Waals surface area contributed by atoms with Gasteiger partial charge in [-0.1, -0.05) is 358 Å². The highest BCUT2D eigenvalue weighted by atomic mass is 16.6. The van der Waals surface area contributed by atoms with Crippen LogP contribution in [0.15, 0.2) is 99.2 Å². The number of hydrogen-bond donors (Lipinski definition) is 4. The first kappa shape index (κ1) is 148. The molecule has 0 radical (unpaired) electrons. The van der Waals surface area contributed by atoms with Crippen LogP contribution in [0.4, 0.5) is 0 Å². The molecule has 868 valence electrons. The molecule has 0 aromatic carbocycles. The van der Waals surface area contributed by atoms with Gasteiger partial charge in [0, 0.05) is 64.2 Å². The maximum absolute atomic E-state index is 12.3. The number of carbonyl (C=O) groups is 12. The summed E-state index contributed by atoms with van der Waals surface area (Å²) in [5.74, 6) is -6.49. The fraction of sp³-hybridized carbons (Fsp3) is 0.774. The van der Waals surface area contributed by atoms with Gasteiger partial charge in [0.1, 0.15) is 24.4 Å². The summed E-state index contributed by atoms with van der Waals surface area (Å²) < 4.78 is 51.8. The predicted octanol–water partition coefficient (Wildman–Crippen LogP) is 31.3. The van der Waals surface area contributed by atoms with Crippen molar-refractivity contribution in [2.75, 3.05) is 39.6 Å². The molecule has 0 aromatic heterocycles. The molecule has 0 amide bonds. The average molecular weight is 2120 g/mol. The van der Waals surface area contributed by atoms with Crippen LogP contribution in [0.25, 0.3) is 0 Å². The smallest absolute Gasteiger partial charge is 0.344 e. The number of rotatable bonds is 106. The van der Waals surface area contributed by atoms with E-state index in [-0.39, 0.29) is 99.8 Å². The molecule has 0 aliphatic heterocycles. The minimum absolute atomic E-state index is 0.175. The highest BCUT2D eigenvalue weighted by Gasteiger charge is 2.22. The quantitative estimate of drug-likeness (QED) is 0.0190. The Morgan fingerprint density at radius 2 is 0.373 bits per heavy atom. The van der Waals surface area contributed by atoms with Gasteiger partial charge in [-0.2, -0.15) is 0 Å². The van der Waals surface area contributed by atoms with Crippen molar-refractivity contribution in [1.29, 1.82) is 0 Å². The van der Waals surface area contributed by atoms with E-state index < -0.39 is 61.0 Å². The van der Waals surface area contributed by atoms with E-state index in [2.05, 4.69) is 126 Å². The number of carbonyl (C=O) groups excluding carboxylic acids is 10. The Labute approximate surface area is 909 Å². The van der Waals surface area contributed by atoms with Crippen molar-refractivity contribution in [1.82, 2.24) is 0 Å². The zero-order valence-corrected chi connectivity index (χ0v) is 95.4. The summed E-state index contributed by atoms with van der Waals surface area (Å²) in [6.45, 7) is 25.5. The molecule has 150 heavy (non-hydrogen) atoms. The standard InChI is InChI=1S/2C32H54O8.2C30H54O5/c2*1-3-5-7-9-12-16-21-25-31(36)39-27-32(37)40-28(22-18-8-6-4-2)23-19-15-13-10-11-14-17-20-24-30(35)38-26-29(33)34;2*1-4-7-9-17-22-27(31)23-18-15-13-11-12-14-16-20-25-29(32)34-26-30(33)35-28(21-6-3)24-19-10-8-5-2/h2*3,15,19,28H,1,4-14,16-18,20-27H2,2H3,(H,33,34);2*6,15,18,27-28,31H,3-5,7-14,16-17,19-26H2,1-2H3/b2*19-15-;2*18-15-. The van der Waals surface area contributed by atoms with Crippen LogP contribution >= 0.6 is 0 Å². The number of aliphatic hydroxyl groups excluding tert-OH is 2. The van der Waals surface area contributed by atoms with Crippen molar-refractivity contribution in [2.45, 2.75) is 579 Å². The van der Waals surface area contributed by atoms with Gasteiger partial charge in [-0.15, -0.1) is 26.3 Å². The molecule has 0 rings (SSSR count). The first-order valence-corrected chi connectivity index (χ1v) is 59.4. The predicted molar refractivity (Wildman–Crippen MR) is 604 cm³/mol. The Morgan fingerprint density at radius 1 is 0.193 bits per heavy atom. The van der Waals surface area contributed by atoms with Crippen LogP contribution in [0.1, 0.15) is 542 Å². The van der Waals surface area contributed by atoms with Crippen molar-refractivity contribution in [3.05, 3.63) is 99.2 Å². The zero-order chi connectivity index (χ0) is 111. The molecule has 6 unspecified atom stereocenters. The molecule has 0 aliphatic rings. The average Bonchev–Trinajstić information content (AvgIpc) is 1.02. The van der Waals surface area contributed by atoms with Gasteiger partial charge >= 0.3 is 71.6 Å². The Balaban J connectivity index is -0.000000949. The number of aliphatic hydroxyl groups is 2. The number of ether oxygens (including phenoxy) is 10. The molecule has 0 spiro atoms. The second kappa shape index (κ2) is 119. The van der Waals surface area contributed by atoms with Gasteiger partial charge in [0.15, 0.2) is 39.6 Å². The molecule has 0 aromatic rings. The topological polar surface area (TPSA) is 378 Å². The summed E-state index contributed by atoms with van der Waals surface area (Å²) in [4.78, 5) is 140. The molecular formula is C124H216O26. The number of carboxylic acids is 2. The molecular weight excluding hydrogens is 1910 g/mol. The SMILES string of the molecule is C=CCC(CCCCCC)OC(=O)COC(=O)CCCCCCC/C=C\CC(O)CCCCCC.C=CCC(CCCCCC)OC(=O)COC(=O)CCCCCCC/C=C\CC(O)CCCCCC.C=CCCCCCCCC(=O)OCC(=O)OC(C/C=C\CCCCCCCC(=O)OCC(=O)O)CCCCCC.C=CCCCCCCCC(=O)OCC(=O)OC(C/C=C\CCCCCCCC(=O)OCC(=O)O)CCCCCC. The third kappa shape index (κ3) is 120. The van der Waals surface area contributed by atoms with Crippen molar-refractivity contribution in [2.24, 2.45) is 0 Å². The first-order chi connectivity index (χ1) is 72.8. The second-order valence-electron chi connectivity index (χ2n) is 39.9. The van der Waals surface area contributed by atoms with Gasteiger partial charge in [0.25, 0.3) is 0 Å². The molecule has 26 heteroatoms. The zero-order valence-electron chi connectivity index (χ0n) is 95.4. The Morgan fingerprint density at radius 3 is 0.580 bits per heavy atom. The number of esters is 10. The van der Waals surface area contributed by atoms with Gasteiger partial charge in [-0.05, 0) is 193 Å². The first-order valence-electron chi connectivity index (χ1n) is 59.4. The number of hydrogen-bond acceptors (Lipinski definition) is 24. The molecule has 0 heterocycles. The van der Waals surface area contributed by atoms with Crippen LogP contribution < -0.4 is 0 Å². The van der Waals surface area contributed by atoms with Crippen LogP contribution in [0.5, 0.6) is 0 Å². The van der Waals surface area contributed by atoms with E-state index in [0.29, 0.717) is 64.2 Å². The molecule has 4 N–H and O–H groups in total. The van der Waals surface area contributed by atoms with Crippen LogP contribution in [0.2, 0.25) is 0 Å². The van der Waals surface area contributed by atoms with Gasteiger partial charge in [-0.3, -0.25) is 28.8 Å². The third-order valence-electron chi connectivity index (χ3n) is 25.3. The number of carboxylic acid groups (broad SMARTS) is 2. The van der Waals surface area contributed by atoms with Crippen LogP contribution in [-0.4, -0.2) is 168 Å². The maximum atomic E-state index is 12.3. The number of allylic oxidation sites excluding steroid dienone is 6. The molecule has 6 atom stereocenters. The molecule has 0 aliphatic carbocycles. The molecule has 0 saturated heterocycles. The maximum Gasteiger partial charge on any atom is 0.344 e. The number of aliphatic carboxylic acids is 2. The molecule has 0 saturated carbocycles. The lowest BCUT2D eigenvalue weighted by Crippen LogP contribution is -2.23. The Bertz CT molecular complexity index is 3160. The van der Waals surface area contributed by atoms with Crippen LogP contribution in [0, 0.1) is 0 Å². The van der Waals surface area contributed by atoms with E-state index in [1.54, 1.807) is 12.2 Å². The lowest BCUT2D eigenvalue weighted by molar-refractivity contribution is -0.162. The monoisotopic (exact) mass is 2120 g/mol. The summed E-state index contributed by atoms with van der Waals surface area (Å²) in [5, 5.41) is 36.9. The van der Waals surface area contributed by atoms with Gasteiger partial charge in [-0.25, -0.2) is 28.8 Å². The summed E-state index contributed by atoms with van der Waals surface area (Å²) in [5.41, 5.74) is 0. The van der Waals surface area contributed by atoms with Crippen molar-refractivity contribution in [3.8, 4) is 0 Å². The minimum atomic E-state index is -1.14. The van der Waals surface area contributed by atoms with Gasteiger partial charge in [0.2, 0.25) is 0 Å². The van der Waals surface area contributed by atoms with Crippen molar-refractivity contribution in [3.63, 3.8) is 0 Å². The Hall–Kier alpha value is -8.52. The van der Waals surface area contributed by atoms with Crippen LogP contribution in [-0.2, 0) is 105 Å². The second-order valence-corrected chi connectivity index (χ2v) is 39.9. The minimum Gasteiger partial charge on any atom is -0.479 e. The summed E-state index contributed by atoms with van der Waals surface area (Å²) in [6, 6.07) is 0. The lowest BCUT2D eigenvalue weighted by atomic mass is 10.1. The Kier molecular flexibility index (Phi) is 117. The van der Waals surface area contributed by atoms with E-state index in [9.17, 15) is 67.7 Å². The summed E-state index contributed by atoms with van der Waals surface area (Å²) >= 11 is 0. The van der Waals surface area contributed by atoms with Gasteiger partial charge < -0.3 is 67.8 Å².